The molecule has 1 atom stereocenters. The van der Waals surface area contributed by atoms with Crippen molar-refractivity contribution in [2.24, 2.45) is 0 Å². The average molecular weight is 448 g/mol. The van der Waals surface area contributed by atoms with Gasteiger partial charge in [0.1, 0.15) is 0 Å². The van der Waals surface area contributed by atoms with Crippen LogP contribution in [0.25, 0.3) is 0 Å². The Morgan fingerprint density at radius 1 is 1.19 bits per heavy atom. The van der Waals surface area contributed by atoms with Gasteiger partial charge in [-0.15, -0.1) is 0 Å². The minimum absolute atomic E-state index is 0.0225. The Morgan fingerprint density at radius 3 is 2.29 bits per heavy atom. The lowest BCUT2D eigenvalue weighted by molar-refractivity contribution is -0.137. The first-order valence-corrected chi connectivity index (χ1v) is 9.59. The van der Waals surface area contributed by atoms with Crippen LogP contribution >= 0.6 is 12.2 Å². The third-order valence-electron chi connectivity index (χ3n) is 5.00. The van der Waals surface area contributed by atoms with E-state index in [-0.39, 0.29) is 16.7 Å². The van der Waals surface area contributed by atoms with E-state index >= 15 is 0 Å². The van der Waals surface area contributed by atoms with Gasteiger partial charge in [0.15, 0.2) is 11.3 Å². The zero-order valence-electron chi connectivity index (χ0n) is 16.9. The van der Waals surface area contributed by atoms with Gasteiger partial charge in [-0.05, 0) is 68.5 Å². The number of amides is 1. The van der Waals surface area contributed by atoms with Gasteiger partial charge in [-0.3, -0.25) is 9.69 Å². The summed E-state index contributed by atoms with van der Waals surface area (Å²) in [5, 5.41) is 22.7. The van der Waals surface area contributed by atoms with Gasteiger partial charge in [-0.25, -0.2) is 0 Å². The molecule has 2 aromatic carbocycles. The predicted molar refractivity (Wildman–Crippen MR) is 115 cm³/mol. The summed E-state index contributed by atoms with van der Waals surface area (Å²) in [6, 6.07) is 11.4. The Labute approximate surface area is 182 Å². The largest absolute Gasteiger partial charge is 0.417 e. The van der Waals surface area contributed by atoms with E-state index in [0.29, 0.717) is 11.4 Å². The number of nitriles is 1. The van der Waals surface area contributed by atoms with E-state index in [1.54, 1.807) is 43.0 Å². The highest BCUT2D eigenvalue weighted by atomic mass is 32.1. The number of carbonyl (C=O) groups excluding carboxylic acids is 1. The lowest BCUT2D eigenvalue weighted by atomic mass is 10.0. The number of alkyl halides is 3. The van der Waals surface area contributed by atoms with Crippen LogP contribution in [0, 0.1) is 11.3 Å². The second-order valence-electron chi connectivity index (χ2n) is 7.58. The van der Waals surface area contributed by atoms with Crippen LogP contribution in [-0.4, -0.2) is 27.9 Å². The number of hydrogen-bond donors (Lipinski definition) is 2. The van der Waals surface area contributed by atoms with Crippen molar-refractivity contribution in [2.75, 3.05) is 15.1 Å². The van der Waals surface area contributed by atoms with Crippen molar-refractivity contribution in [1.29, 1.82) is 5.26 Å². The van der Waals surface area contributed by atoms with Crippen LogP contribution in [0.3, 0.4) is 0 Å². The number of anilines is 3. The van der Waals surface area contributed by atoms with Crippen LogP contribution in [-0.2, 0) is 11.0 Å². The third kappa shape index (κ3) is 4.06. The number of benzene rings is 2. The van der Waals surface area contributed by atoms with Crippen molar-refractivity contribution < 1.29 is 23.1 Å². The van der Waals surface area contributed by atoms with E-state index in [1.165, 1.54) is 24.0 Å². The molecule has 0 spiro atoms. The van der Waals surface area contributed by atoms with Gasteiger partial charge in [0.05, 0.1) is 22.7 Å². The van der Waals surface area contributed by atoms with Crippen molar-refractivity contribution in [3.05, 3.63) is 53.6 Å². The molecule has 0 saturated carbocycles. The van der Waals surface area contributed by atoms with E-state index < -0.39 is 29.1 Å². The summed E-state index contributed by atoms with van der Waals surface area (Å²) in [4.78, 5) is 14.1. The molecule has 1 saturated heterocycles. The van der Waals surface area contributed by atoms with E-state index in [1.807, 2.05) is 0 Å². The molecule has 1 fully saturated rings. The number of rotatable bonds is 3. The number of hydrogen-bond acceptors (Lipinski definition) is 4. The molecular formula is C21H19F3N4O2S. The molecule has 1 aliphatic heterocycles. The summed E-state index contributed by atoms with van der Waals surface area (Å²) in [6.45, 7) is 4.80. The Bertz CT molecular complexity index is 1080. The highest BCUT2D eigenvalue weighted by Crippen LogP contribution is 2.41. The molecule has 6 nitrogen and oxygen atoms in total. The van der Waals surface area contributed by atoms with Gasteiger partial charge < -0.3 is 15.3 Å². The lowest BCUT2D eigenvalue weighted by Crippen LogP contribution is -2.47. The van der Waals surface area contributed by atoms with Crippen LogP contribution < -0.4 is 15.1 Å². The summed E-state index contributed by atoms with van der Waals surface area (Å²) in [6.07, 6.45) is -5.99. The van der Waals surface area contributed by atoms with Crippen molar-refractivity contribution in [3.8, 4) is 6.07 Å². The molecule has 0 aromatic heterocycles. The second kappa shape index (κ2) is 7.83. The molecule has 31 heavy (non-hydrogen) atoms. The van der Waals surface area contributed by atoms with Gasteiger partial charge in [-0.1, -0.05) is 0 Å². The van der Waals surface area contributed by atoms with Crippen LogP contribution in [0.2, 0.25) is 0 Å². The molecule has 162 valence electrons. The summed E-state index contributed by atoms with van der Waals surface area (Å²) in [7, 11) is 0. The first-order valence-electron chi connectivity index (χ1n) is 9.18. The summed E-state index contributed by atoms with van der Waals surface area (Å²) in [5.41, 5.74) is -1.42. The van der Waals surface area contributed by atoms with Crippen molar-refractivity contribution in [1.82, 2.24) is 0 Å². The van der Waals surface area contributed by atoms with Gasteiger partial charge in [0.25, 0.3) is 0 Å². The number of aliphatic hydroxyl groups excluding tert-OH is 1. The molecular weight excluding hydrogens is 429 g/mol. The zero-order chi connectivity index (χ0) is 23.1. The normalized spacial score (nSPS) is 18.1. The maximum atomic E-state index is 13.4. The number of thiocarbonyl (C=S) groups is 1. The molecule has 10 heteroatoms. The molecule has 1 aliphatic rings. The highest BCUT2D eigenvalue weighted by Gasteiger charge is 2.50. The number of halogens is 3. The SMILES string of the molecule is CC(=O)Nc1ccc(N2C(=S)N(c3ccc(C#N)c(C(F)(F)F)c3)C(O)C2(C)C)cc1. The summed E-state index contributed by atoms with van der Waals surface area (Å²) in [5.74, 6) is -0.229. The predicted octanol–water partition coefficient (Wildman–Crippen LogP) is 4.24. The molecule has 1 unspecified atom stereocenters. The first-order chi connectivity index (χ1) is 14.4. The Kier molecular flexibility index (Phi) is 5.69. The highest BCUT2D eigenvalue weighted by molar-refractivity contribution is 7.80. The smallest absolute Gasteiger partial charge is 0.371 e. The quantitative estimate of drug-likeness (QED) is 0.684. The Hall–Kier alpha value is -3.16. The van der Waals surface area contributed by atoms with E-state index in [2.05, 4.69) is 5.32 Å². The maximum Gasteiger partial charge on any atom is 0.417 e. The first kappa shape index (κ1) is 22.5. The number of nitrogens with one attached hydrogen (secondary N) is 1. The van der Waals surface area contributed by atoms with Crippen LogP contribution in [0.4, 0.5) is 30.2 Å². The van der Waals surface area contributed by atoms with Crippen LogP contribution in [0.5, 0.6) is 0 Å². The maximum absolute atomic E-state index is 13.4. The Balaban J connectivity index is 2.03. The fraction of sp³-hybridized carbons (Fsp3) is 0.286. The topological polar surface area (TPSA) is 79.6 Å². The molecule has 0 radical (unpaired) electrons. The molecule has 3 rings (SSSR count). The van der Waals surface area contributed by atoms with E-state index in [0.717, 1.165) is 12.1 Å². The number of aliphatic hydroxyl groups is 1. The van der Waals surface area contributed by atoms with Gasteiger partial charge in [-0.2, -0.15) is 18.4 Å². The van der Waals surface area contributed by atoms with E-state index in [9.17, 15) is 23.1 Å². The molecule has 2 aromatic rings. The average Bonchev–Trinajstić information content (AvgIpc) is 2.85. The lowest BCUT2D eigenvalue weighted by Gasteiger charge is -2.33. The van der Waals surface area contributed by atoms with Crippen molar-refractivity contribution in [2.45, 2.75) is 38.7 Å². The molecule has 1 amide bonds. The molecule has 1 heterocycles. The van der Waals surface area contributed by atoms with Crippen LogP contribution in [0.15, 0.2) is 42.5 Å². The van der Waals surface area contributed by atoms with Gasteiger partial charge >= 0.3 is 6.18 Å². The fourth-order valence-electron chi connectivity index (χ4n) is 3.50. The van der Waals surface area contributed by atoms with Crippen molar-refractivity contribution in [3.63, 3.8) is 0 Å². The fourth-order valence-corrected chi connectivity index (χ4v) is 4.04. The molecule has 0 aliphatic carbocycles. The van der Waals surface area contributed by atoms with E-state index in [4.69, 9.17) is 17.5 Å². The monoisotopic (exact) mass is 448 g/mol. The summed E-state index contributed by atoms with van der Waals surface area (Å²) >= 11 is 5.53. The molecule has 0 bridgehead atoms. The van der Waals surface area contributed by atoms with Crippen molar-refractivity contribution >= 4 is 40.3 Å². The summed E-state index contributed by atoms with van der Waals surface area (Å²) < 4.78 is 40.2. The number of nitrogens with zero attached hydrogens (tertiary/aromatic N) is 3. The zero-order valence-corrected chi connectivity index (χ0v) is 17.7. The molecule has 2 N–H and O–H groups in total. The standard InChI is InChI=1S/C21H19F3N4O2S/c1-12(29)26-14-5-8-15(9-6-14)28-19(31)27(18(30)20(28,2)3)16-7-4-13(11-25)17(10-16)21(22,23)24/h4-10,18,30H,1-3H3,(H,26,29). The third-order valence-corrected chi connectivity index (χ3v) is 5.38. The minimum atomic E-state index is -4.73. The van der Waals surface area contributed by atoms with Gasteiger partial charge in [0.2, 0.25) is 5.91 Å². The van der Waals surface area contributed by atoms with Gasteiger partial charge in [0, 0.05) is 24.0 Å². The van der Waals surface area contributed by atoms with Crippen LogP contribution in [0.1, 0.15) is 31.9 Å². The number of carbonyl (C=O) groups is 1. The second-order valence-corrected chi connectivity index (χ2v) is 7.95. The Morgan fingerprint density at radius 2 is 1.77 bits per heavy atom. The minimum Gasteiger partial charge on any atom is -0.371 e.